The Morgan fingerprint density at radius 1 is 1.40 bits per heavy atom. The van der Waals surface area contributed by atoms with Crippen molar-refractivity contribution in [1.82, 2.24) is 9.38 Å². The molecule has 0 saturated carbocycles. The molecule has 0 bridgehead atoms. The lowest BCUT2D eigenvalue weighted by molar-refractivity contribution is 0.0601. The van der Waals surface area contributed by atoms with Crippen molar-refractivity contribution in [2.75, 3.05) is 12.4 Å². The number of rotatable bonds is 4. The molecular formula is C16H10BrCl2N3O3. The molecule has 1 aromatic carbocycles. The van der Waals surface area contributed by atoms with Crippen molar-refractivity contribution >= 4 is 68.4 Å². The first-order valence-electron chi connectivity index (χ1n) is 6.91. The standard InChI is InChI=1S/C16H10BrCl2N3O3/c1-25-16(24)10-6-22-9(7-23)5-20-15(22)13(19)14(10)21-12-3-2-8(17)4-11(12)18/h2-7,21H,1H3. The summed E-state index contributed by atoms with van der Waals surface area (Å²) in [4.78, 5) is 27.5. The fourth-order valence-corrected chi connectivity index (χ4v) is 3.30. The van der Waals surface area contributed by atoms with Crippen molar-refractivity contribution in [3.05, 3.63) is 56.4 Å². The molecule has 2 aromatic heterocycles. The molecule has 9 heteroatoms. The van der Waals surface area contributed by atoms with Gasteiger partial charge >= 0.3 is 5.97 Å². The number of nitrogens with one attached hydrogen (secondary N) is 1. The van der Waals surface area contributed by atoms with Gasteiger partial charge in [-0.3, -0.25) is 9.20 Å². The highest BCUT2D eigenvalue weighted by Crippen LogP contribution is 2.36. The molecule has 0 radical (unpaired) electrons. The number of pyridine rings is 1. The molecule has 1 N–H and O–H groups in total. The molecule has 6 nitrogen and oxygen atoms in total. The molecule has 3 rings (SSSR count). The maximum absolute atomic E-state index is 12.2. The van der Waals surface area contributed by atoms with Crippen LogP contribution in [0.4, 0.5) is 11.4 Å². The zero-order chi connectivity index (χ0) is 18.1. The third-order valence-electron chi connectivity index (χ3n) is 3.49. The second kappa shape index (κ2) is 7.03. The van der Waals surface area contributed by atoms with Gasteiger partial charge in [0.05, 0.1) is 29.7 Å². The molecule has 0 spiro atoms. The summed E-state index contributed by atoms with van der Waals surface area (Å²) in [7, 11) is 1.26. The molecule has 0 atom stereocenters. The minimum atomic E-state index is -0.620. The zero-order valence-electron chi connectivity index (χ0n) is 12.7. The third-order valence-corrected chi connectivity index (χ3v) is 4.65. The van der Waals surface area contributed by atoms with E-state index in [2.05, 4.69) is 26.2 Å². The summed E-state index contributed by atoms with van der Waals surface area (Å²) in [5, 5.41) is 3.63. The smallest absolute Gasteiger partial charge is 0.341 e. The molecule has 128 valence electrons. The number of imidazole rings is 1. The number of carbonyl (C=O) groups excluding carboxylic acids is 2. The fraction of sp³-hybridized carbons (Fsp3) is 0.0625. The van der Waals surface area contributed by atoms with Gasteiger partial charge in [0.25, 0.3) is 0 Å². The number of esters is 1. The lowest BCUT2D eigenvalue weighted by Gasteiger charge is -2.15. The van der Waals surface area contributed by atoms with Crippen molar-refractivity contribution in [3.8, 4) is 0 Å². The molecule has 3 aromatic rings. The van der Waals surface area contributed by atoms with Crippen LogP contribution in [0.3, 0.4) is 0 Å². The van der Waals surface area contributed by atoms with Crippen molar-refractivity contribution in [3.63, 3.8) is 0 Å². The van der Waals surface area contributed by atoms with Gasteiger partial charge in [-0.1, -0.05) is 39.1 Å². The largest absolute Gasteiger partial charge is 0.465 e. The second-order valence-corrected chi connectivity index (χ2v) is 6.67. The summed E-state index contributed by atoms with van der Waals surface area (Å²) in [6.45, 7) is 0. The van der Waals surface area contributed by atoms with E-state index in [1.807, 2.05) is 0 Å². The first-order valence-corrected chi connectivity index (χ1v) is 8.46. The van der Waals surface area contributed by atoms with Crippen molar-refractivity contribution < 1.29 is 14.3 Å². The summed E-state index contributed by atoms with van der Waals surface area (Å²) in [5.41, 5.74) is 1.55. The van der Waals surface area contributed by atoms with E-state index in [1.165, 1.54) is 23.9 Å². The molecule has 0 amide bonds. The quantitative estimate of drug-likeness (QED) is 0.466. The molecule has 0 aliphatic heterocycles. The average Bonchev–Trinajstić information content (AvgIpc) is 3.01. The summed E-state index contributed by atoms with van der Waals surface area (Å²) in [5.74, 6) is -0.620. The van der Waals surface area contributed by atoms with Gasteiger partial charge in [0.1, 0.15) is 16.3 Å². The summed E-state index contributed by atoms with van der Waals surface area (Å²) >= 11 is 16.0. The SMILES string of the molecule is COC(=O)c1cn2c(C=O)cnc2c(Cl)c1Nc1ccc(Br)cc1Cl. The number of hydrogen-bond donors (Lipinski definition) is 1. The van der Waals surface area contributed by atoms with Crippen molar-refractivity contribution in [2.24, 2.45) is 0 Å². The number of carbonyl (C=O) groups is 2. The van der Waals surface area contributed by atoms with Crippen LogP contribution in [-0.4, -0.2) is 28.7 Å². The Balaban J connectivity index is 2.23. The summed E-state index contributed by atoms with van der Waals surface area (Å²) in [6, 6.07) is 5.23. The van der Waals surface area contributed by atoms with Crippen LogP contribution in [0, 0.1) is 0 Å². The minimum absolute atomic E-state index is 0.139. The monoisotopic (exact) mass is 441 g/mol. The molecule has 0 saturated heterocycles. The zero-order valence-corrected chi connectivity index (χ0v) is 15.8. The Labute approximate surface area is 160 Å². The number of halogens is 3. The maximum atomic E-state index is 12.2. The van der Waals surface area contributed by atoms with Gasteiger partial charge in [-0.25, -0.2) is 9.78 Å². The highest BCUT2D eigenvalue weighted by molar-refractivity contribution is 9.10. The van der Waals surface area contributed by atoms with E-state index >= 15 is 0 Å². The van der Waals surface area contributed by atoms with Gasteiger partial charge in [0.2, 0.25) is 0 Å². The van der Waals surface area contributed by atoms with Gasteiger partial charge < -0.3 is 10.1 Å². The molecule has 0 fully saturated rings. The van der Waals surface area contributed by atoms with Gasteiger partial charge in [-0.05, 0) is 18.2 Å². The highest BCUT2D eigenvalue weighted by atomic mass is 79.9. The Morgan fingerprint density at radius 2 is 2.16 bits per heavy atom. The first kappa shape index (κ1) is 17.7. The van der Waals surface area contributed by atoms with Crippen LogP contribution in [0.2, 0.25) is 10.0 Å². The number of methoxy groups -OCH3 is 1. The number of hydrogen-bond acceptors (Lipinski definition) is 5. The van der Waals surface area contributed by atoms with Gasteiger partial charge in [0.15, 0.2) is 11.9 Å². The number of aldehydes is 1. The first-order chi connectivity index (χ1) is 12.0. The normalized spacial score (nSPS) is 10.7. The number of anilines is 2. The summed E-state index contributed by atoms with van der Waals surface area (Å²) in [6.07, 6.45) is 3.43. The number of nitrogens with zero attached hydrogens (tertiary/aromatic N) is 2. The molecule has 0 aliphatic rings. The fourth-order valence-electron chi connectivity index (χ4n) is 2.30. The van der Waals surface area contributed by atoms with Crippen LogP contribution >= 0.6 is 39.1 Å². The van der Waals surface area contributed by atoms with E-state index in [0.717, 1.165) is 4.47 Å². The Kier molecular flexibility index (Phi) is 4.99. The predicted molar refractivity (Wildman–Crippen MR) is 99.4 cm³/mol. The van der Waals surface area contributed by atoms with E-state index in [4.69, 9.17) is 27.9 Å². The van der Waals surface area contributed by atoms with Gasteiger partial charge in [-0.15, -0.1) is 0 Å². The van der Waals surface area contributed by atoms with Crippen LogP contribution in [-0.2, 0) is 4.74 Å². The van der Waals surface area contributed by atoms with Crippen molar-refractivity contribution in [2.45, 2.75) is 0 Å². The van der Waals surface area contributed by atoms with Crippen molar-refractivity contribution in [1.29, 1.82) is 0 Å². The molecule has 2 heterocycles. The Hall–Kier alpha value is -2.09. The number of fused-ring (bicyclic) bond motifs is 1. The van der Waals surface area contributed by atoms with Crippen LogP contribution < -0.4 is 5.32 Å². The molecule has 0 unspecified atom stereocenters. The number of ether oxygens (including phenoxy) is 1. The van der Waals surface area contributed by atoms with E-state index < -0.39 is 5.97 Å². The van der Waals surface area contributed by atoms with Crippen LogP contribution in [0.15, 0.2) is 35.1 Å². The van der Waals surface area contributed by atoms with Crippen LogP contribution in [0.5, 0.6) is 0 Å². The minimum Gasteiger partial charge on any atom is -0.465 e. The van der Waals surface area contributed by atoms with Gasteiger partial charge in [0, 0.05) is 10.7 Å². The number of benzene rings is 1. The topological polar surface area (TPSA) is 72.7 Å². The van der Waals surface area contributed by atoms with Gasteiger partial charge in [-0.2, -0.15) is 0 Å². The molecule has 0 aliphatic carbocycles. The van der Waals surface area contributed by atoms with E-state index in [1.54, 1.807) is 18.2 Å². The highest BCUT2D eigenvalue weighted by Gasteiger charge is 2.21. The Morgan fingerprint density at radius 3 is 2.80 bits per heavy atom. The summed E-state index contributed by atoms with van der Waals surface area (Å²) < 4.78 is 7.05. The molecule has 25 heavy (non-hydrogen) atoms. The van der Waals surface area contributed by atoms with E-state index in [9.17, 15) is 9.59 Å². The molecular weight excluding hydrogens is 433 g/mol. The van der Waals surface area contributed by atoms with Crippen LogP contribution in [0.1, 0.15) is 20.8 Å². The van der Waals surface area contributed by atoms with E-state index in [-0.39, 0.29) is 22.0 Å². The van der Waals surface area contributed by atoms with E-state index in [0.29, 0.717) is 22.6 Å². The predicted octanol–water partition coefficient (Wildman–Crippen LogP) is 4.75. The second-order valence-electron chi connectivity index (χ2n) is 4.97. The lowest BCUT2D eigenvalue weighted by atomic mass is 10.2. The maximum Gasteiger partial charge on any atom is 0.341 e. The lowest BCUT2D eigenvalue weighted by Crippen LogP contribution is -2.09. The third kappa shape index (κ3) is 3.22. The average molecular weight is 443 g/mol. The number of aromatic nitrogens is 2. The van der Waals surface area contributed by atoms with Crippen LogP contribution in [0.25, 0.3) is 5.65 Å². The Bertz CT molecular complexity index is 1000.